The predicted molar refractivity (Wildman–Crippen MR) is 67.8 cm³/mol. The van der Waals surface area contributed by atoms with Gasteiger partial charge in [0.25, 0.3) is 0 Å². The molecule has 0 saturated heterocycles. The summed E-state index contributed by atoms with van der Waals surface area (Å²) in [5.74, 6) is 0.516. The highest BCUT2D eigenvalue weighted by Crippen LogP contribution is 2.54. The van der Waals surface area contributed by atoms with Crippen LogP contribution in [-0.2, 0) is 0 Å². The van der Waals surface area contributed by atoms with Gasteiger partial charge in [0.2, 0.25) is 0 Å². The van der Waals surface area contributed by atoms with Crippen molar-refractivity contribution in [2.75, 3.05) is 6.26 Å². The molecule has 0 bridgehead atoms. The summed E-state index contributed by atoms with van der Waals surface area (Å²) >= 11 is 1.87. The molecule has 17 heavy (non-hydrogen) atoms. The molecule has 1 aromatic carbocycles. The second kappa shape index (κ2) is 3.89. The van der Waals surface area contributed by atoms with Crippen LogP contribution in [0.4, 0.5) is 4.39 Å². The van der Waals surface area contributed by atoms with Gasteiger partial charge in [0, 0.05) is 18.0 Å². The Hall–Kier alpha value is -0.740. The van der Waals surface area contributed by atoms with E-state index in [1.807, 2.05) is 11.8 Å². The molecule has 0 radical (unpaired) electrons. The minimum Gasteiger partial charge on any atom is -0.489 e. The molecule has 1 aliphatic carbocycles. The Morgan fingerprint density at radius 2 is 2.24 bits per heavy atom. The number of hydrogen-bond acceptors (Lipinski definition) is 3. The SMILES string of the molecule is CSC1(C2C[C@@H](N)c3cc(F)ccc3O2)CC1. The van der Waals surface area contributed by atoms with Gasteiger partial charge in [0.15, 0.2) is 0 Å². The number of fused-ring (bicyclic) bond motifs is 1. The Morgan fingerprint density at radius 1 is 1.47 bits per heavy atom. The van der Waals surface area contributed by atoms with E-state index in [0.717, 1.165) is 17.7 Å². The zero-order chi connectivity index (χ0) is 12.0. The van der Waals surface area contributed by atoms with Gasteiger partial charge in [-0.1, -0.05) is 0 Å². The van der Waals surface area contributed by atoms with Crippen LogP contribution in [0.2, 0.25) is 0 Å². The first-order valence-corrected chi connectivity index (χ1v) is 7.14. The van der Waals surface area contributed by atoms with Gasteiger partial charge in [-0.25, -0.2) is 4.39 Å². The number of benzene rings is 1. The average molecular weight is 253 g/mol. The summed E-state index contributed by atoms with van der Waals surface area (Å²) in [7, 11) is 0. The third kappa shape index (κ3) is 1.83. The Labute approximate surface area is 105 Å². The van der Waals surface area contributed by atoms with E-state index in [4.69, 9.17) is 10.5 Å². The molecular formula is C13H16FNOS. The van der Waals surface area contributed by atoms with E-state index in [9.17, 15) is 4.39 Å². The third-order valence-electron chi connectivity index (χ3n) is 3.84. The second-order valence-electron chi connectivity index (χ2n) is 4.90. The molecule has 1 fully saturated rings. The van der Waals surface area contributed by atoms with E-state index in [1.54, 1.807) is 6.07 Å². The number of halogens is 1. The second-order valence-corrected chi connectivity index (χ2v) is 6.12. The summed E-state index contributed by atoms with van der Waals surface area (Å²) < 4.78 is 19.4. The summed E-state index contributed by atoms with van der Waals surface area (Å²) in [6, 6.07) is 4.53. The van der Waals surface area contributed by atoms with Gasteiger partial charge < -0.3 is 10.5 Å². The summed E-state index contributed by atoms with van der Waals surface area (Å²) in [6.07, 6.45) is 5.48. The van der Waals surface area contributed by atoms with E-state index in [0.29, 0.717) is 0 Å². The molecule has 2 nitrogen and oxygen atoms in total. The van der Waals surface area contributed by atoms with Crippen molar-refractivity contribution in [1.82, 2.24) is 0 Å². The summed E-state index contributed by atoms with van der Waals surface area (Å²) in [6.45, 7) is 0. The molecule has 92 valence electrons. The Kier molecular flexibility index (Phi) is 2.60. The maximum Gasteiger partial charge on any atom is 0.124 e. The summed E-state index contributed by atoms with van der Waals surface area (Å²) in [5, 5.41) is 0. The van der Waals surface area contributed by atoms with E-state index < -0.39 is 0 Å². The maximum atomic E-state index is 13.2. The van der Waals surface area contributed by atoms with Crippen molar-refractivity contribution in [1.29, 1.82) is 0 Å². The van der Waals surface area contributed by atoms with Crippen molar-refractivity contribution in [2.24, 2.45) is 5.73 Å². The van der Waals surface area contributed by atoms with Crippen molar-refractivity contribution in [2.45, 2.75) is 36.2 Å². The third-order valence-corrected chi connectivity index (χ3v) is 5.33. The molecule has 2 atom stereocenters. The predicted octanol–water partition coefficient (Wildman–Crippen LogP) is 2.87. The van der Waals surface area contributed by atoms with Crippen LogP contribution in [0.25, 0.3) is 0 Å². The zero-order valence-electron chi connectivity index (χ0n) is 9.78. The van der Waals surface area contributed by atoms with Crippen LogP contribution in [-0.4, -0.2) is 17.1 Å². The minimum atomic E-state index is -0.243. The van der Waals surface area contributed by atoms with Crippen LogP contribution in [0.15, 0.2) is 18.2 Å². The fraction of sp³-hybridized carbons (Fsp3) is 0.538. The van der Waals surface area contributed by atoms with E-state index in [1.165, 1.54) is 25.0 Å². The van der Waals surface area contributed by atoms with Gasteiger partial charge in [0.1, 0.15) is 17.7 Å². The van der Waals surface area contributed by atoms with Crippen LogP contribution in [0.1, 0.15) is 30.9 Å². The zero-order valence-corrected chi connectivity index (χ0v) is 10.6. The maximum absolute atomic E-state index is 13.2. The average Bonchev–Trinajstić information content (AvgIpc) is 3.11. The molecule has 1 saturated carbocycles. The summed E-state index contributed by atoms with van der Waals surface area (Å²) in [4.78, 5) is 0. The van der Waals surface area contributed by atoms with Crippen molar-refractivity contribution >= 4 is 11.8 Å². The standard InChI is InChI=1S/C13H16FNOS/c1-17-13(4-5-13)12-7-10(15)9-6-8(14)2-3-11(9)16-12/h2-3,6,10,12H,4-5,7,15H2,1H3/t10-,12?/m1/s1. The lowest BCUT2D eigenvalue weighted by molar-refractivity contribution is 0.149. The molecule has 1 aliphatic heterocycles. The monoisotopic (exact) mass is 253 g/mol. The molecular weight excluding hydrogens is 237 g/mol. The van der Waals surface area contributed by atoms with Gasteiger partial charge in [-0.15, -0.1) is 0 Å². The molecule has 1 heterocycles. The van der Waals surface area contributed by atoms with E-state index >= 15 is 0 Å². The molecule has 0 aromatic heterocycles. The van der Waals surface area contributed by atoms with Crippen LogP contribution < -0.4 is 10.5 Å². The number of ether oxygens (including phenoxy) is 1. The van der Waals surface area contributed by atoms with Crippen molar-refractivity contribution in [3.8, 4) is 5.75 Å². The van der Waals surface area contributed by atoms with Crippen LogP contribution in [0, 0.1) is 5.82 Å². The lowest BCUT2D eigenvalue weighted by Crippen LogP contribution is -2.38. The molecule has 1 aromatic rings. The highest BCUT2D eigenvalue weighted by molar-refractivity contribution is 8.00. The lowest BCUT2D eigenvalue weighted by Gasteiger charge is -2.34. The first-order chi connectivity index (χ1) is 8.14. The first kappa shape index (κ1) is 11.4. The quantitative estimate of drug-likeness (QED) is 0.880. The molecule has 2 aliphatic rings. The largest absolute Gasteiger partial charge is 0.489 e. The minimum absolute atomic E-state index is 0.107. The molecule has 3 rings (SSSR count). The van der Waals surface area contributed by atoms with E-state index in [2.05, 4.69) is 6.26 Å². The van der Waals surface area contributed by atoms with Crippen molar-refractivity contribution in [3.05, 3.63) is 29.6 Å². The number of nitrogens with two attached hydrogens (primary N) is 1. The lowest BCUT2D eigenvalue weighted by atomic mass is 9.95. The Morgan fingerprint density at radius 3 is 2.88 bits per heavy atom. The molecule has 1 unspecified atom stereocenters. The van der Waals surface area contributed by atoms with Crippen LogP contribution in [0.3, 0.4) is 0 Å². The van der Waals surface area contributed by atoms with Crippen LogP contribution >= 0.6 is 11.8 Å². The number of rotatable bonds is 2. The molecule has 2 N–H and O–H groups in total. The molecule has 4 heteroatoms. The fourth-order valence-corrected chi connectivity index (χ4v) is 3.50. The Bertz CT molecular complexity index is 447. The smallest absolute Gasteiger partial charge is 0.124 e. The van der Waals surface area contributed by atoms with Gasteiger partial charge >= 0.3 is 0 Å². The van der Waals surface area contributed by atoms with Crippen molar-refractivity contribution in [3.63, 3.8) is 0 Å². The van der Waals surface area contributed by atoms with Gasteiger partial charge in [-0.2, -0.15) is 11.8 Å². The first-order valence-electron chi connectivity index (χ1n) is 5.91. The highest BCUT2D eigenvalue weighted by Gasteiger charge is 2.52. The van der Waals surface area contributed by atoms with Gasteiger partial charge in [-0.05, 0) is 37.3 Å². The number of thioether (sulfide) groups is 1. The van der Waals surface area contributed by atoms with Gasteiger partial charge in [-0.3, -0.25) is 0 Å². The van der Waals surface area contributed by atoms with Gasteiger partial charge in [0.05, 0.1) is 4.75 Å². The topological polar surface area (TPSA) is 35.2 Å². The fourth-order valence-electron chi connectivity index (χ4n) is 2.58. The van der Waals surface area contributed by atoms with E-state index in [-0.39, 0.29) is 22.7 Å². The summed E-state index contributed by atoms with van der Waals surface area (Å²) in [5.41, 5.74) is 6.93. The molecule has 0 spiro atoms. The van der Waals surface area contributed by atoms with Crippen molar-refractivity contribution < 1.29 is 9.13 Å². The molecule has 0 amide bonds. The number of hydrogen-bond donors (Lipinski definition) is 1. The highest BCUT2D eigenvalue weighted by atomic mass is 32.2. The normalized spacial score (nSPS) is 29.4. The van der Waals surface area contributed by atoms with Crippen LogP contribution in [0.5, 0.6) is 5.75 Å². The Balaban J connectivity index is 1.91.